The van der Waals surface area contributed by atoms with Gasteiger partial charge in [-0.05, 0) is 0 Å². The van der Waals surface area contributed by atoms with E-state index in [1.807, 2.05) is 20.8 Å². The van der Waals surface area contributed by atoms with Crippen LogP contribution in [-0.4, -0.2) is 49.7 Å². The van der Waals surface area contributed by atoms with E-state index in [0.717, 1.165) is 3.62 Å². The molecule has 0 saturated carbocycles. The van der Waals surface area contributed by atoms with Crippen LogP contribution in [0.5, 0.6) is 0 Å². The summed E-state index contributed by atoms with van der Waals surface area (Å²) in [5, 5.41) is 0. The summed E-state index contributed by atoms with van der Waals surface area (Å²) in [6.45, 7) is 7.64. The van der Waals surface area contributed by atoms with Crippen molar-refractivity contribution in [2.45, 2.75) is 27.7 Å². The first-order valence-electron chi connectivity index (χ1n) is 4.76. The molecule has 0 aromatic heterocycles. The van der Waals surface area contributed by atoms with E-state index in [2.05, 4.69) is 0 Å². The maximum absolute atomic E-state index is 11.6. The van der Waals surface area contributed by atoms with Gasteiger partial charge in [0.15, 0.2) is 0 Å². The van der Waals surface area contributed by atoms with Gasteiger partial charge >= 0.3 is 102 Å². The predicted molar refractivity (Wildman–Crippen MR) is 63.1 cm³/mol. The molecule has 0 aliphatic carbocycles. The third-order valence-corrected chi connectivity index (χ3v) is 5.89. The molecule has 4 heteroatoms. The number of ketones is 1. The third-order valence-electron chi connectivity index (χ3n) is 1.64. The van der Waals surface area contributed by atoms with E-state index >= 15 is 0 Å². The molecule has 0 N–H and O–H groups in total. The van der Waals surface area contributed by atoms with Gasteiger partial charge in [-0.2, -0.15) is 0 Å². The van der Waals surface area contributed by atoms with Crippen molar-refractivity contribution in [3.63, 3.8) is 0 Å². The van der Waals surface area contributed by atoms with Crippen molar-refractivity contribution in [1.29, 1.82) is 0 Å². The summed E-state index contributed by atoms with van der Waals surface area (Å²) in [4.78, 5) is 24.3. The Morgan fingerprint density at radius 3 is 1.93 bits per heavy atom. The summed E-state index contributed by atoms with van der Waals surface area (Å²) in [5.74, 6) is 0.0246. The van der Waals surface area contributed by atoms with Gasteiger partial charge in [0.1, 0.15) is 0 Å². The van der Waals surface area contributed by atoms with Gasteiger partial charge in [0, 0.05) is 0 Å². The summed E-state index contributed by atoms with van der Waals surface area (Å²) in [6.07, 6.45) is 1.63. The Labute approximate surface area is 102 Å². The normalized spacial score (nSPS) is 12.5. The van der Waals surface area contributed by atoms with Crippen LogP contribution in [0.2, 0.25) is 0 Å². The second kappa shape index (κ2) is 5.67. The predicted octanol–water partition coefficient (Wildman–Crippen LogP) is 1.89. The van der Waals surface area contributed by atoms with Crippen LogP contribution in [-0.2, 0) is 4.79 Å². The van der Waals surface area contributed by atoms with Crippen molar-refractivity contribution in [2.24, 2.45) is 5.41 Å². The van der Waals surface area contributed by atoms with E-state index in [-0.39, 0.29) is 15.2 Å². The molecule has 0 spiro atoms. The van der Waals surface area contributed by atoms with Crippen LogP contribution in [0, 0.1) is 5.41 Å². The maximum atomic E-state index is 11.6. The number of hydrogen-bond acceptors (Lipinski definition) is 2. The van der Waals surface area contributed by atoms with Gasteiger partial charge in [-0.1, -0.05) is 0 Å². The molecule has 3 nitrogen and oxygen atoms in total. The first-order valence-corrected chi connectivity index (χ1v) is 7.09. The van der Waals surface area contributed by atoms with Crippen molar-refractivity contribution >= 4 is 30.7 Å². The second-order valence-corrected chi connectivity index (χ2v) is 7.47. The molecule has 15 heavy (non-hydrogen) atoms. The molecule has 86 valence electrons. The molecule has 0 radical (unpaired) electrons. The fourth-order valence-corrected chi connectivity index (χ4v) is 3.34. The molecule has 0 bridgehead atoms. The summed E-state index contributed by atoms with van der Waals surface area (Å²) in [7, 11) is 3.50. The SMILES string of the molecule is CC(=O)/C=C(/[Te]C(=O)N(C)C)C(C)(C)C. The molecule has 0 saturated heterocycles. The Kier molecular flexibility index (Phi) is 5.55. The Morgan fingerprint density at radius 1 is 1.20 bits per heavy atom. The number of nitrogens with zero attached hydrogens (tertiary/aromatic N) is 1. The number of allylic oxidation sites excluding steroid dienone is 2. The van der Waals surface area contributed by atoms with Gasteiger partial charge in [0.2, 0.25) is 0 Å². The molecular weight excluding hydrogens is 306 g/mol. The number of hydrogen-bond donors (Lipinski definition) is 0. The molecule has 0 aliphatic rings. The van der Waals surface area contributed by atoms with E-state index in [0.29, 0.717) is 0 Å². The number of rotatable bonds is 3. The first kappa shape index (κ1) is 14.7. The monoisotopic (exact) mass is 327 g/mol. The quantitative estimate of drug-likeness (QED) is 0.587. The van der Waals surface area contributed by atoms with E-state index in [4.69, 9.17) is 0 Å². The van der Waals surface area contributed by atoms with Gasteiger partial charge in [0.25, 0.3) is 0 Å². The third kappa shape index (κ3) is 5.96. The van der Waals surface area contributed by atoms with Crippen molar-refractivity contribution in [3.8, 4) is 0 Å². The number of amides is 1. The summed E-state index contributed by atoms with van der Waals surface area (Å²) < 4.78 is 1.17. The standard InChI is InChI=1S/C11H19NO2Te/c1-8(13)7-9(11(2,3)4)15-10(14)12(5)6/h7H,1-6H3/b9-7+. The molecule has 0 unspecified atom stereocenters. The topological polar surface area (TPSA) is 37.4 Å². The summed E-state index contributed by atoms with van der Waals surface area (Å²) in [5.41, 5.74) is -0.0838. The molecular formula is C11H19NO2Te. The van der Waals surface area contributed by atoms with Crippen LogP contribution >= 0.6 is 0 Å². The minimum absolute atomic E-state index is 0.0246. The first-order chi connectivity index (χ1) is 6.64. The van der Waals surface area contributed by atoms with Crippen molar-refractivity contribution in [1.82, 2.24) is 4.90 Å². The molecule has 0 fully saturated rings. The van der Waals surface area contributed by atoms with Crippen LogP contribution in [0.1, 0.15) is 27.7 Å². The Hall–Kier alpha value is -0.330. The zero-order valence-electron chi connectivity index (χ0n) is 10.2. The zero-order valence-corrected chi connectivity index (χ0v) is 12.6. The average molecular weight is 325 g/mol. The van der Waals surface area contributed by atoms with Crippen molar-refractivity contribution in [2.75, 3.05) is 14.1 Å². The molecule has 0 aliphatic heterocycles. The minimum atomic E-state index is -0.932. The Morgan fingerprint density at radius 2 is 1.67 bits per heavy atom. The van der Waals surface area contributed by atoms with Crippen LogP contribution in [0.25, 0.3) is 0 Å². The van der Waals surface area contributed by atoms with E-state index in [9.17, 15) is 9.59 Å². The molecule has 0 rings (SSSR count). The van der Waals surface area contributed by atoms with Gasteiger partial charge in [-0.25, -0.2) is 0 Å². The van der Waals surface area contributed by atoms with E-state index < -0.39 is 20.9 Å². The summed E-state index contributed by atoms with van der Waals surface area (Å²) in [6, 6.07) is 0. The zero-order chi connectivity index (χ0) is 12.2. The molecule has 0 aromatic carbocycles. The van der Waals surface area contributed by atoms with Gasteiger partial charge in [-0.15, -0.1) is 0 Å². The Bertz CT molecular complexity index is 287. The fraction of sp³-hybridized carbons (Fsp3) is 0.636. The van der Waals surface area contributed by atoms with Crippen molar-refractivity contribution in [3.05, 3.63) is 9.70 Å². The molecule has 0 atom stereocenters. The molecule has 0 aromatic rings. The van der Waals surface area contributed by atoms with Crippen LogP contribution < -0.4 is 0 Å². The number of carbonyl (C=O) groups excluding carboxylic acids is 2. The second-order valence-electron chi connectivity index (χ2n) is 4.63. The summed E-state index contributed by atoms with van der Waals surface area (Å²) >= 11 is -0.932. The number of carbonyl (C=O) groups is 2. The van der Waals surface area contributed by atoms with Gasteiger partial charge < -0.3 is 0 Å². The van der Waals surface area contributed by atoms with E-state index in [1.165, 1.54) is 6.92 Å². The molecule has 1 amide bonds. The Balaban J connectivity index is 4.84. The van der Waals surface area contributed by atoms with Crippen molar-refractivity contribution < 1.29 is 9.59 Å². The van der Waals surface area contributed by atoms with Crippen LogP contribution in [0.15, 0.2) is 9.70 Å². The van der Waals surface area contributed by atoms with Crippen LogP contribution in [0.3, 0.4) is 0 Å². The van der Waals surface area contributed by atoms with Gasteiger partial charge in [-0.3, -0.25) is 0 Å². The fourth-order valence-electron chi connectivity index (χ4n) is 0.769. The van der Waals surface area contributed by atoms with E-state index in [1.54, 1.807) is 25.1 Å². The molecule has 0 heterocycles. The van der Waals surface area contributed by atoms with Gasteiger partial charge in [0.05, 0.1) is 0 Å². The average Bonchev–Trinajstić information content (AvgIpc) is 2.00. The van der Waals surface area contributed by atoms with Crippen LogP contribution in [0.4, 0.5) is 4.79 Å².